The van der Waals surface area contributed by atoms with Gasteiger partial charge >= 0.3 is 5.97 Å². The van der Waals surface area contributed by atoms with Gasteiger partial charge in [0.2, 0.25) is 0 Å². The summed E-state index contributed by atoms with van der Waals surface area (Å²) >= 11 is 0. The van der Waals surface area contributed by atoms with Crippen LogP contribution in [-0.2, 0) is 9.53 Å². The molecule has 1 rings (SSSR count). The predicted molar refractivity (Wildman–Crippen MR) is 67.7 cm³/mol. The maximum atomic E-state index is 11.1. The lowest BCUT2D eigenvalue weighted by atomic mass is 10.1. The highest BCUT2D eigenvalue weighted by Gasteiger charge is 2.19. The van der Waals surface area contributed by atoms with Crippen molar-refractivity contribution < 1.29 is 14.5 Å². The van der Waals surface area contributed by atoms with Crippen molar-refractivity contribution in [2.45, 2.75) is 13.3 Å². The van der Waals surface area contributed by atoms with Gasteiger partial charge in [-0.25, -0.2) is 0 Å². The van der Waals surface area contributed by atoms with E-state index in [0.717, 1.165) is 5.56 Å². The van der Waals surface area contributed by atoms with Crippen molar-refractivity contribution in [1.82, 2.24) is 0 Å². The highest BCUT2D eigenvalue weighted by molar-refractivity contribution is 5.72. The maximum absolute atomic E-state index is 11.1. The predicted octanol–water partition coefficient (Wildman–Crippen LogP) is 1.90. The summed E-state index contributed by atoms with van der Waals surface area (Å²) in [6, 6.07) is 4.90. The zero-order chi connectivity index (χ0) is 13.7. The van der Waals surface area contributed by atoms with Crippen LogP contribution in [0.3, 0.4) is 0 Å². The maximum Gasteiger partial charge on any atom is 0.307 e. The van der Waals surface area contributed by atoms with Crippen molar-refractivity contribution >= 4 is 17.3 Å². The number of methoxy groups -OCH3 is 1. The summed E-state index contributed by atoms with van der Waals surface area (Å²) in [5.74, 6) is -0.335. The van der Waals surface area contributed by atoms with Crippen LogP contribution in [-0.4, -0.2) is 31.6 Å². The van der Waals surface area contributed by atoms with E-state index in [2.05, 4.69) is 4.74 Å². The highest BCUT2D eigenvalue weighted by Crippen LogP contribution is 2.30. The first kappa shape index (κ1) is 14.0. The number of para-hydroxylation sites is 1. The first-order valence-electron chi connectivity index (χ1n) is 5.49. The van der Waals surface area contributed by atoms with Gasteiger partial charge in [-0.1, -0.05) is 12.1 Å². The highest BCUT2D eigenvalue weighted by atomic mass is 16.6. The molecular formula is C12H16N2O4. The van der Waals surface area contributed by atoms with E-state index in [9.17, 15) is 14.9 Å². The Morgan fingerprint density at radius 1 is 1.50 bits per heavy atom. The zero-order valence-corrected chi connectivity index (χ0v) is 10.7. The molecule has 0 aliphatic carbocycles. The van der Waals surface area contributed by atoms with Crippen LogP contribution in [0.1, 0.15) is 12.0 Å². The van der Waals surface area contributed by atoms with Crippen LogP contribution in [0.2, 0.25) is 0 Å². The average Bonchev–Trinajstić information content (AvgIpc) is 2.34. The van der Waals surface area contributed by atoms with E-state index in [4.69, 9.17) is 0 Å². The topological polar surface area (TPSA) is 72.7 Å². The number of hydrogen-bond donors (Lipinski definition) is 0. The van der Waals surface area contributed by atoms with Gasteiger partial charge in [0, 0.05) is 19.7 Å². The van der Waals surface area contributed by atoms with Crippen molar-refractivity contribution in [1.29, 1.82) is 0 Å². The van der Waals surface area contributed by atoms with E-state index in [1.165, 1.54) is 13.2 Å². The number of nitrogens with zero attached hydrogens (tertiary/aromatic N) is 2. The number of rotatable bonds is 5. The van der Waals surface area contributed by atoms with Gasteiger partial charge in [-0.15, -0.1) is 0 Å². The fourth-order valence-corrected chi connectivity index (χ4v) is 1.76. The molecule has 1 aromatic rings. The van der Waals surface area contributed by atoms with Crippen molar-refractivity contribution in [3.05, 3.63) is 33.9 Å². The fraction of sp³-hybridized carbons (Fsp3) is 0.417. The summed E-state index contributed by atoms with van der Waals surface area (Å²) in [6.07, 6.45) is 0.193. The summed E-state index contributed by atoms with van der Waals surface area (Å²) in [4.78, 5) is 23.3. The second-order valence-electron chi connectivity index (χ2n) is 3.95. The van der Waals surface area contributed by atoms with Gasteiger partial charge in [0.15, 0.2) is 0 Å². The fourth-order valence-electron chi connectivity index (χ4n) is 1.76. The minimum absolute atomic E-state index is 0.0439. The number of benzene rings is 1. The third-order valence-electron chi connectivity index (χ3n) is 2.67. The van der Waals surface area contributed by atoms with Crippen molar-refractivity contribution in [3.63, 3.8) is 0 Å². The minimum Gasteiger partial charge on any atom is -0.469 e. The number of ether oxygens (including phenoxy) is 1. The molecule has 6 heteroatoms. The SMILES string of the molecule is COC(=O)CCN(C)c1c(C)cccc1[N+](=O)[O-]. The molecule has 0 fully saturated rings. The molecule has 98 valence electrons. The monoisotopic (exact) mass is 252 g/mol. The lowest BCUT2D eigenvalue weighted by Gasteiger charge is -2.20. The Morgan fingerprint density at radius 2 is 2.17 bits per heavy atom. The second kappa shape index (κ2) is 6.00. The molecule has 0 unspecified atom stereocenters. The largest absolute Gasteiger partial charge is 0.469 e. The number of carbonyl (C=O) groups excluding carboxylic acids is 1. The first-order valence-corrected chi connectivity index (χ1v) is 5.49. The van der Waals surface area contributed by atoms with Crippen LogP contribution < -0.4 is 4.90 Å². The lowest BCUT2D eigenvalue weighted by Crippen LogP contribution is -2.23. The van der Waals surface area contributed by atoms with E-state index < -0.39 is 4.92 Å². The molecule has 0 aliphatic rings. The summed E-state index contributed by atoms with van der Waals surface area (Å²) in [6.45, 7) is 2.18. The van der Waals surface area contributed by atoms with E-state index >= 15 is 0 Å². The van der Waals surface area contributed by atoms with E-state index in [0.29, 0.717) is 12.2 Å². The zero-order valence-electron chi connectivity index (χ0n) is 10.7. The van der Waals surface area contributed by atoms with Crippen LogP contribution in [0.4, 0.5) is 11.4 Å². The Morgan fingerprint density at radius 3 is 2.72 bits per heavy atom. The Balaban J connectivity index is 2.94. The summed E-state index contributed by atoms with van der Waals surface area (Å²) in [7, 11) is 3.04. The molecule has 0 amide bonds. The number of carbonyl (C=O) groups is 1. The van der Waals surface area contributed by atoms with Gasteiger partial charge in [0.1, 0.15) is 5.69 Å². The summed E-state index contributed by atoms with van der Waals surface area (Å²) in [5.41, 5.74) is 1.38. The number of esters is 1. The number of anilines is 1. The standard InChI is InChI=1S/C12H16N2O4/c1-9-5-4-6-10(14(16)17)12(9)13(2)8-7-11(15)18-3/h4-6H,7-8H2,1-3H3. The number of hydrogen-bond acceptors (Lipinski definition) is 5. The van der Waals surface area contributed by atoms with Crippen molar-refractivity contribution in [2.75, 3.05) is 25.6 Å². The van der Waals surface area contributed by atoms with Gasteiger partial charge in [-0.05, 0) is 12.5 Å². The van der Waals surface area contributed by atoms with E-state index in [1.807, 2.05) is 0 Å². The first-order chi connectivity index (χ1) is 8.47. The summed E-state index contributed by atoms with van der Waals surface area (Å²) in [5, 5.41) is 11.0. The Bertz CT molecular complexity index is 459. The molecule has 0 saturated heterocycles. The van der Waals surface area contributed by atoms with Gasteiger partial charge in [-0.2, -0.15) is 0 Å². The number of aryl methyl sites for hydroxylation is 1. The Kier molecular flexibility index (Phi) is 4.65. The molecule has 0 N–H and O–H groups in total. The molecule has 1 aromatic carbocycles. The van der Waals surface area contributed by atoms with Crippen LogP contribution in [0.15, 0.2) is 18.2 Å². The minimum atomic E-state index is -0.420. The van der Waals surface area contributed by atoms with Crippen molar-refractivity contribution in [3.8, 4) is 0 Å². The average molecular weight is 252 g/mol. The summed E-state index contributed by atoms with van der Waals surface area (Å²) < 4.78 is 4.54. The molecule has 18 heavy (non-hydrogen) atoms. The molecule has 0 heterocycles. The lowest BCUT2D eigenvalue weighted by molar-refractivity contribution is -0.384. The van der Waals surface area contributed by atoms with Crippen LogP contribution in [0.5, 0.6) is 0 Å². The van der Waals surface area contributed by atoms with Crippen LogP contribution >= 0.6 is 0 Å². The molecular weight excluding hydrogens is 236 g/mol. The molecule has 0 aromatic heterocycles. The molecule has 0 radical (unpaired) electrons. The third kappa shape index (κ3) is 3.19. The normalized spacial score (nSPS) is 9.94. The quantitative estimate of drug-likeness (QED) is 0.454. The van der Waals surface area contributed by atoms with Gasteiger partial charge in [0.05, 0.1) is 18.5 Å². The molecule has 0 bridgehead atoms. The molecule has 6 nitrogen and oxygen atoms in total. The van der Waals surface area contributed by atoms with E-state index in [1.54, 1.807) is 31.0 Å². The Labute approximate surface area is 105 Å². The molecule has 0 spiro atoms. The molecule has 0 atom stereocenters. The third-order valence-corrected chi connectivity index (χ3v) is 2.67. The van der Waals surface area contributed by atoms with Crippen molar-refractivity contribution in [2.24, 2.45) is 0 Å². The van der Waals surface area contributed by atoms with E-state index in [-0.39, 0.29) is 18.1 Å². The van der Waals surface area contributed by atoms with Crippen LogP contribution in [0, 0.1) is 17.0 Å². The number of nitro benzene ring substituents is 1. The molecule has 0 aliphatic heterocycles. The van der Waals surface area contributed by atoms with Gasteiger partial charge in [-0.3, -0.25) is 14.9 Å². The molecule has 0 saturated carbocycles. The number of nitro groups is 1. The Hall–Kier alpha value is -2.11. The smallest absolute Gasteiger partial charge is 0.307 e. The second-order valence-corrected chi connectivity index (χ2v) is 3.95. The van der Waals surface area contributed by atoms with Gasteiger partial charge < -0.3 is 9.64 Å². The van der Waals surface area contributed by atoms with Gasteiger partial charge in [0.25, 0.3) is 5.69 Å². The van der Waals surface area contributed by atoms with Crippen LogP contribution in [0.25, 0.3) is 0 Å².